The van der Waals surface area contributed by atoms with Gasteiger partial charge in [-0.2, -0.15) is 0 Å². The summed E-state index contributed by atoms with van der Waals surface area (Å²) >= 11 is 6.20. The maximum absolute atomic E-state index is 6.20. The van der Waals surface area contributed by atoms with Gasteiger partial charge in [-0.1, -0.05) is 17.7 Å². The van der Waals surface area contributed by atoms with Crippen LogP contribution in [0.15, 0.2) is 12.1 Å². The second kappa shape index (κ2) is 5.38. The van der Waals surface area contributed by atoms with Crippen LogP contribution in [0.25, 0.3) is 0 Å². The molecule has 2 nitrogen and oxygen atoms in total. The second-order valence-electron chi connectivity index (χ2n) is 5.11. The van der Waals surface area contributed by atoms with E-state index >= 15 is 0 Å². The highest BCUT2D eigenvalue weighted by Crippen LogP contribution is 2.22. The van der Waals surface area contributed by atoms with Crippen LogP contribution in [0, 0.1) is 13.8 Å². The maximum atomic E-state index is 6.20. The van der Waals surface area contributed by atoms with E-state index in [1.165, 1.54) is 29.8 Å². The van der Waals surface area contributed by atoms with Gasteiger partial charge in [0.1, 0.15) is 0 Å². The van der Waals surface area contributed by atoms with Crippen molar-refractivity contribution in [1.82, 2.24) is 9.80 Å². The van der Waals surface area contributed by atoms with Gasteiger partial charge < -0.3 is 4.90 Å². The highest BCUT2D eigenvalue weighted by atomic mass is 35.5. The van der Waals surface area contributed by atoms with Crippen LogP contribution in [0.2, 0.25) is 5.02 Å². The zero-order valence-corrected chi connectivity index (χ0v) is 11.7. The molecule has 0 amide bonds. The minimum absolute atomic E-state index is 0.889. The average molecular weight is 253 g/mol. The van der Waals surface area contributed by atoms with E-state index in [2.05, 4.69) is 42.8 Å². The van der Waals surface area contributed by atoms with Crippen molar-refractivity contribution in [2.45, 2.75) is 20.4 Å². The van der Waals surface area contributed by atoms with Crippen molar-refractivity contribution in [3.63, 3.8) is 0 Å². The van der Waals surface area contributed by atoms with E-state index in [4.69, 9.17) is 11.6 Å². The molecule has 1 fully saturated rings. The summed E-state index contributed by atoms with van der Waals surface area (Å²) in [5.41, 5.74) is 3.89. The third kappa shape index (κ3) is 3.21. The summed E-state index contributed by atoms with van der Waals surface area (Å²) in [6.45, 7) is 9.91. The average Bonchev–Trinajstić information content (AvgIpc) is 2.29. The summed E-state index contributed by atoms with van der Waals surface area (Å²) in [6.07, 6.45) is 0. The molecule has 3 heteroatoms. The Kier molecular flexibility index (Phi) is 4.08. The number of halogens is 1. The Hall–Kier alpha value is -0.570. The molecule has 0 radical (unpaired) electrons. The molecule has 1 saturated heterocycles. The van der Waals surface area contributed by atoms with E-state index in [0.717, 1.165) is 24.7 Å². The molecule has 0 bridgehead atoms. The highest BCUT2D eigenvalue weighted by molar-refractivity contribution is 6.31. The molecule has 1 aromatic carbocycles. The van der Waals surface area contributed by atoms with Crippen LogP contribution in [0.1, 0.15) is 16.7 Å². The van der Waals surface area contributed by atoms with E-state index in [1.54, 1.807) is 0 Å². The lowest BCUT2D eigenvalue weighted by Crippen LogP contribution is -2.43. The van der Waals surface area contributed by atoms with E-state index < -0.39 is 0 Å². The second-order valence-corrected chi connectivity index (χ2v) is 5.51. The normalized spacial score (nSPS) is 18.6. The SMILES string of the molecule is Cc1cc(C)c(CN2CCN(C)CC2)cc1Cl. The van der Waals surface area contributed by atoms with Crippen molar-refractivity contribution in [3.05, 3.63) is 33.8 Å². The van der Waals surface area contributed by atoms with E-state index in [-0.39, 0.29) is 0 Å². The quantitative estimate of drug-likeness (QED) is 0.799. The lowest BCUT2D eigenvalue weighted by Gasteiger charge is -2.32. The first kappa shape index (κ1) is 12.9. The molecule has 0 aliphatic carbocycles. The molecule has 1 aliphatic heterocycles. The van der Waals surface area contributed by atoms with Crippen LogP contribution in [0.5, 0.6) is 0 Å². The third-order valence-corrected chi connectivity index (χ3v) is 4.01. The Balaban J connectivity index is 2.06. The van der Waals surface area contributed by atoms with E-state index in [1.807, 2.05) is 0 Å². The van der Waals surface area contributed by atoms with Gasteiger partial charge in [0.15, 0.2) is 0 Å². The van der Waals surface area contributed by atoms with Crippen molar-refractivity contribution < 1.29 is 0 Å². The van der Waals surface area contributed by atoms with E-state index in [0.29, 0.717) is 0 Å². The zero-order valence-electron chi connectivity index (χ0n) is 11.0. The van der Waals surface area contributed by atoms with Crippen LogP contribution >= 0.6 is 11.6 Å². The van der Waals surface area contributed by atoms with Crippen LogP contribution in [0.4, 0.5) is 0 Å². The fraction of sp³-hybridized carbons (Fsp3) is 0.571. The molecule has 0 aromatic heterocycles. The number of piperazine rings is 1. The number of benzene rings is 1. The number of rotatable bonds is 2. The predicted molar refractivity (Wildman–Crippen MR) is 73.7 cm³/mol. The van der Waals surface area contributed by atoms with Crippen molar-refractivity contribution in [2.75, 3.05) is 33.2 Å². The molecular weight excluding hydrogens is 232 g/mol. The molecule has 0 atom stereocenters. The number of aryl methyl sites for hydroxylation is 2. The van der Waals surface area contributed by atoms with Gasteiger partial charge >= 0.3 is 0 Å². The number of hydrogen-bond donors (Lipinski definition) is 0. The Morgan fingerprint density at radius 3 is 2.35 bits per heavy atom. The van der Waals surface area contributed by atoms with Crippen molar-refractivity contribution >= 4 is 11.6 Å². The summed E-state index contributed by atoms with van der Waals surface area (Å²) in [4.78, 5) is 4.89. The fourth-order valence-electron chi connectivity index (χ4n) is 2.28. The van der Waals surface area contributed by atoms with Crippen LogP contribution in [-0.4, -0.2) is 43.0 Å². The first-order chi connectivity index (χ1) is 8.06. The van der Waals surface area contributed by atoms with Gasteiger partial charge in [0.25, 0.3) is 0 Å². The lowest BCUT2D eigenvalue weighted by atomic mass is 10.0. The Morgan fingerprint density at radius 2 is 1.71 bits per heavy atom. The molecule has 1 aliphatic rings. The van der Waals surface area contributed by atoms with Crippen LogP contribution in [0.3, 0.4) is 0 Å². The van der Waals surface area contributed by atoms with E-state index in [9.17, 15) is 0 Å². The highest BCUT2D eigenvalue weighted by Gasteiger charge is 2.15. The molecule has 0 saturated carbocycles. The summed E-state index contributed by atoms with van der Waals surface area (Å²) < 4.78 is 0. The summed E-state index contributed by atoms with van der Waals surface area (Å²) in [7, 11) is 2.19. The van der Waals surface area contributed by atoms with Gasteiger partial charge in [-0.3, -0.25) is 4.90 Å². The van der Waals surface area contributed by atoms with Crippen LogP contribution < -0.4 is 0 Å². The Morgan fingerprint density at radius 1 is 1.06 bits per heavy atom. The topological polar surface area (TPSA) is 6.48 Å². The number of hydrogen-bond acceptors (Lipinski definition) is 2. The summed E-state index contributed by atoms with van der Waals surface area (Å²) in [5.74, 6) is 0. The van der Waals surface area contributed by atoms with Crippen molar-refractivity contribution in [1.29, 1.82) is 0 Å². The standard InChI is InChI=1S/C14H21ClN2/c1-11-8-12(2)14(15)9-13(11)10-17-6-4-16(3)5-7-17/h8-9H,4-7,10H2,1-3H3. The van der Waals surface area contributed by atoms with Gasteiger partial charge in [0, 0.05) is 37.7 Å². The van der Waals surface area contributed by atoms with Gasteiger partial charge in [0.2, 0.25) is 0 Å². The lowest BCUT2D eigenvalue weighted by molar-refractivity contribution is 0.148. The smallest absolute Gasteiger partial charge is 0.0438 e. The first-order valence-corrected chi connectivity index (χ1v) is 6.60. The predicted octanol–water partition coefficient (Wildman–Crippen LogP) is 2.70. The molecule has 0 unspecified atom stereocenters. The Labute approximate surface area is 109 Å². The maximum Gasteiger partial charge on any atom is 0.0438 e. The monoisotopic (exact) mass is 252 g/mol. The molecule has 2 rings (SSSR count). The van der Waals surface area contributed by atoms with Crippen molar-refractivity contribution in [3.8, 4) is 0 Å². The summed E-state index contributed by atoms with van der Waals surface area (Å²) in [6, 6.07) is 4.32. The number of likely N-dealkylation sites (N-methyl/N-ethyl adjacent to an activating group) is 1. The minimum Gasteiger partial charge on any atom is -0.304 e. The van der Waals surface area contributed by atoms with Crippen molar-refractivity contribution in [2.24, 2.45) is 0 Å². The largest absolute Gasteiger partial charge is 0.304 e. The molecular formula is C14H21ClN2. The molecule has 0 N–H and O–H groups in total. The minimum atomic E-state index is 0.889. The molecule has 94 valence electrons. The van der Waals surface area contributed by atoms with Gasteiger partial charge in [-0.25, -0.2) is 0 Å². The molecule has 1 heterocycles. The fourth-order valence-corrected chi connectivity index (χ4v) is 2.47. The third-order valence-electron chi connectivity index (χ3n) is 3.61. The first-order valence-electron chi connectivity index (χ1n) is 6.23. The molecule has 1 aromatic rings. The van der Waals surface area contributed by atoms with Gasteiger partial charge in [-0.05, 0) is 43.7 Å². The number of nitrogens with zero attached hydrogens (tertiary/aromatic N) is 2. The van der Waals surface area contributed by atoms with Crippen LogP contribution in [-0.2, 0) is 6.54 Å². The zero-order chi connectivity index (χ0) is 12.4. The molecule has 17 heavy (non-hydrogen) atoms. The van der Waals surface area contributed by atoms with Gasteiger partial charge in [-0.15, -0.1) is 0 Å². The Bertz CT molecular complexity index is 395. The van der Waals surface area contributed by atoms with Gasteiger partial charge in [0.05, 0.1) is 0 Å². The molecule has 0 spiro atoms. The summed E-state index contributed by atoms with van der Waals surface area (Å²) in [5, 5.41) is 0.889.